The number of Topliss-reactive ketones (excluding diaryl/α,β-unsaturated/α-hetero) is 1. The number of furan rings is 1. The molecule has 0 bridgehead atoms. The van der Waals surface area contributed by atoms with Gasteiger partial charge in [0.05, 0.1) is 12.6 Å². The molecule has 0 saturated carbocycles. The van der Waals surface area contributed by atoms with Crippen molar-refractivity contribution in [3.63, 3.8) is 0 Å². The van der Waals surface area contributed by atoms with Gasteiger partial charge in [-0.3, -0.25) is 24.0 Å². The van der Waals surface area contributed by atoms with Crippen molar-refractivity contribution in [1.29, 1.82) is 0 Å². The first-order chi connectivity index (χ1) is 15.5. The zero-order valence-corrected chi connectivity index (χ0v) is 18.8. The number of hydrogen-bond acceptors (Lipinski definition) is 6. The predicted octanol–water partition coefficient (Wildman–Crippen LogP) is 0.657. The van der Waals surface area contributed by atoms with Crippen LogP contribution < -0.4 is 21.3 Å². The van der Waals surface area contributed by atoms with Gasteiger partial charge in [0.25, 0.3) is 11.8 Å². The van der Waals surface area contributed by atoms with E-state index in [0.29, 0.717) is 18.5 Å². The van der Waals surface area contributed by atoms with E-state index in [1.807, 2.05) is 6.07 Å². The summed E-state index contributed by atoms with van der Waals surface area (Å²) < 4.78 is 5.46. The summed E-state index contributed by atoms with van der Waals surface area (Å²) in [5.74, 6) is -3.63. The lowest BCUT2D eigenvalue weighted by atomic mass is 9.95. The summed E-state index contributed by atoms with van der Waals surface area (Å²) in [6.07, 6.45) is 0.494. The highest BCUT2D eigenvalue weighted by atomic mass is 16.3. The average Bonchev–Trinajstić information content (AvgIpc) is 3.35. The molecular weight excluding hydrogens is 428 g/mol. The van der Waals surface area contributed by atoms with Crippen molar-refractivity contribution in [3.8, 4) is 0 Å². The molecule has 2 aromatic rings. The van der Waals surface area contributed by atoms with Crippen molar-refractivity contribution >= 4 is 40.4 Å². The first-order valence-electron chi connectivity index (χ1n) is 10.7. The van der Waals surface area contributed by atoms with Crippen molar-refractivity contribution in [2.24, 2.45) is 5.92 Å². The molecule has 1 aromatic heterocycles. The third-order valence-electron chi connectivity index (χ3n) is 5.11. The van der Waals surface area contributed by atoms with E-state index in [2.05, 4.69) is 21.3 Å². The van der Waals surface area contributed by atoms with Crippen molar-refractivity contribution in [2.75, 3.05) is 13.1 Å². The van der Waals surface area contributed by atoms with Crippen molar-refractivity contribution < 1.29 is 28.4 Å². The summed E-state index contributed by atoms with van der Waals surface area (Å²) in [7, 11) is 0. The molecule has 0 aliphatic carbocycles. The Morgan fingerprint density at radius 1 is 1.18 bits per heavy atom. The predicted molar refractivity (Wildman–Crippen MR) is 119 cm³/mol. The van der Waals surface area contributed by atoms with E-state index in [1.165, 1.54) is 0 Å². The Kier molecular flexibility index (Phi) is 7.15. The van der Waals surface area contributed by atoms with Gasteiger partial charge < -0.3 is 25.7 Å². The second kappa shape index (κ2) is 9.85. The Labute approximate surface area is 190 Å². The van der Waals surface area contributed by atoms with Crippen LogP contribution in [0.5, 0.6) is 0 Å². The topological polar surface area (TPSA) is 147 Å². The van der Waals surface area contributed by atoms with Crippen LogP contribution in [0, 0.1) is 5.92 Å². The van der Waals surface area contributed by atoms with Gasteiger partial charge in [0.15, 0.2) is 5.76 Å². The van der Waals surface area contributed by atoms with Gasteiger partial charge in [0, 0.05) is 23.4 Å². The molecule has 1 aliphatic heterocycles. The SMILES string of the molecule is CC(C)(C)NC(=O)C(=O)C(CC1CCNC1=O)NC(=O)CNC(=O)c1cc2ccccc2o1. The molecule has 33 heavy (non-hydrogen) atoms. The van der Waals surface area contributed by atoms with Gasteiger partial charge in [-0.2, -0.15) is 0 Å². The highest BCUT2D eigenvalue weighted by Gasteiger charge is 2.35. The molecule has 10 nitrogen and oxygen atoms in total. The van der Waals surface area contributed by atoms with Crippen LogP contribution in [0.4, 0.5) is 0 Å². The minimum absolute atomic E-state index is 0.00844. The summed E-state index contributed by atoms with van der Waals surface area (Å²) in [4.78, 5) is 61.9. The fourth-order valence-electron chi connectivity index (χ4n) is 3.53. The van der Waals surface area contributed by atoms with Crippen LogP contribution in [0.3, 0.4) is 0 Å². The molecule has 0 radical (unpaired) electrons. The zero-order chi connectivity index (χ0) is 24.2. The van der Waals surface area contributed by atoms with Crippen LogP contribution in [0.15, 0.2) is 34.7 Å². The normalized spacial score (nSPS) is 16.7. The number of fused-ring (bicyclic) bond motifs is 1. The van der Waals surface area contributed by atoms with Crippen LogP contribution in [0.1, 0.15) is 44.2 Å². The summed E-state index contributed by atoms with van der Waals surface area (Å²) in [5.41, 5.74) is -0.107. The Bertz CT molecular complexity index is 1050. The number of nitrogens with one attached hydrogen (secondary N) is 4. The van der Waals surface area contributed by atoms with E-state index in [-0.39, 0.29) is 18.1 Å². The molecule has 1 aromatic carbocycles. The minimum atomic E-state index is -1.20. The monoisotopic (exact) mass is 456 g/mol. The van der Waals surface area contributed by atoms with Crippen molar-refractivity contribution in [3.05, 3.63) is 36.1 Å². The summed E-state index contributed by atoms with van der Waals surface area (Å²) in [6.45, 7) is 5.22. The smallest absolute Gasteiger partial charge is 0.290 e. The summed E-state index contributed by atoms with van der Waals surface area (Å²) in [6, 6.07) is 7.46. The van der Waals surface area contributed by atoms with Crippen LogP contribution in [0.25, 0.3) is 11.0 Å². The van der Waals surface area contributed by atoms with Gasteiger partial charge in [0.1, 0.15) is 5.58 Å². The highest BCUT2D eigenvalue weighted by Crippen LogP contribution is 2.19. The van der Waals surface area contributed by atoms with E-state index in [0.717, 1.165) is 5.39 Å². The van der Waals surface area contributed by atoms with E-state index < -0.39 is 47.5 Å². The maximum Gasteiger partial charge on any atom is 0.290 e. The fourth-order valence-corrected chi connectivity index (χ4v) is 3.53. The molecule has 1 saturated heterocycles. The first kappa shape index (κ1) is 24.0. The molecule has 2 heterocycles. The molecule has 1 fully saturated rings. The third-order valence-corrected chi connectivity index (χ3v) is 5.11. The minimum Gasteiger partial charge on any atom is -0.451 e. The molecule has 3 rings (SSSR count). The molecule has 4 amide bonds. The van der Waals surface area contributed by atoms with E-state index >= 15 is 0 Å². The molecule has 2 unspecified atom stereocenters. The lowest BCUT2D eigenvalue weighted by Crippen LogP contribution is -2.53. The third kappa shape index (κ3) is 6.41. The molecule has 2 atom stereocenters. The van der Waals surface area contributed by atoms with Gasteiger partial charge in [-0.1, -0.05) is 18.2 Å². The number of amides is 4. The lowest BCUT2D eigenvalue weighted by Gasteiger charge is -2.23. The van der Waals surface area contributed by atoms with Crippen LogP contribution in [-0.2, 0) is 19.2 Å². The molecule has 0 spiro atoms. The van der Waals surface area contributed by atoms with Gasteiger partial charge in [0.2, 0.25) is 17.6 Å². The average molecular weight is 456 g/mol. The maximum atomic E-state index is 12.7. The largest absolute Gasteiger partial charge is 0.451 e. The van der Waals surface area contributed by atoms with Crippen molar-refractivity contribution in [2.45, 2.75) is 45.2 Å². The number of ketones is 1. The van der Waals surface area contributed by atoms with Gasteiger partial charge in [-0.05, 0) is 45.7 Å². The number of carbonyl (C=O) groups is 5. The number of benzene rings is 1. The zero-order valence-electron chi connectivity index (χ0n) is 18.8. The Morgan fingerprint density at radius 3 is 2.55 bits per heavy atom. The van der Waals surface area contributed by atoms with Crippen LogP contribution >= 0.6 is 0 Å². The summed E-state index contributed by atoms with van der Waals surface area (Å²) >= 11 is 0. The molecule has 1 aliphatic rings. The van der Waals surface area contributed by atoms with E-state index in [4.69, 9.17) is 4.42 Å². The number of carbonyl (C=O) groups excluding carboxylic acids is 5. The van der Waals surface area contributed by atoms with Gasteiger partial charge in [-0.15, -0.1) is 0 Å². The highest BCUT2D eigenvalue weighted by molar-refractivity contribution is 6.38. The standard InChI is InChI=1S/C23H28N4O6/c1-23(2,3)27-22(32)19(29)15(10-14-8-9-24-20(14)30)26-18(28)12-25-21(31)17-11-13-6-4-5-7-16(13)33-17/h4-7,11,14-15H,8-10,12H2,1-3H3,(H,24,30)(H,25,31)(H,26,28)(H,27,32). The first-order valence-corrected chi connectivity index (χ1v) is 10.7. The van der Waals surface area contributed by atoms with E-state index in [9.17, 15) is 24.0 Å². The number of hydrogen-bond donors (Lipinski definition) is 4. The maximum absolute atomic E-state index is 12.7. The van der Waals surface area contributed by atoms with Crippen molar-refractivity contribution in [1.82, 2.24) is 21.3 Å². The Balaban J connectivity index is 1.62. The van der Waals surface area contributed by atoms with E-state index in [1.54, 1.807) is 45.0 Å². The lowest BCUT2D eigenvalue weighted by molar-refractivity contribution is -0.141. The van der Waals surface area contributed by atoms with Gasteiger partial charge in [-0.25, -0.2) is 0 Å². The Hall–Kier alpha value is -3.69. The molecular formula is C23H28N4O6. The Morgan fingerprint density at radius 2 is 1.91 bits per heavy atom. The number of para-hydroxylation sites is 1. The second-order valence-corrected chi connectivity index (χ2v) is 9.03. The molecule has 10 heteroatoms. The fraction of sp³-hybridized carbons (Fsp3) is 0.435. The van der Waals surface area contributed by atoms with Crippen LogP contribution in [-0.4, -0.2) is 54.1 Å². The van der Waals surface area contributed by atoms with Gasteiger partial charge >= 0.3 is 0 Å². The summed E-state index contributed by atoms with van der Waals surface area (Å²) in [5, 5.41) is 10.9. The molecule has 176 valence electrons. The molecule has 4 N–H and O–H groups in total. The quantitative estimate of drug-likeness (QED) is 0.429. The second-order valence-electron chi connectivity index (χ2n) is 9.03. The van der Waals surface area contributed by atoms with Crippen LogP contribution in [0.2, 0.25) is 0 Å². The number of rotatable bonds is 8.